The first-order valence-corrected chi connectivity index (χ1v) is 7.60. The molecule has 0 saturated heterocycles. The van der Waals surface area contributed by atoms with Gasteiger partial charge in [0, 0.05) is 6.54 Å². The van der Waals surface area contributed by atoms with Crippen molar-refractivity contribution in [3.05, 3.63) is 52.7 Å². The lowest BCUT2D eigenvalue weighted by molar-refractivity contribution is 1.00. The van der Waals surface area contributed by atoms with E-state index < -0.39 is 0 Å². The third-order valence-corrected chi connectivity index (χ3v) is 4.39. The van der Waals surface area contributed by atoms with Crippen LogP contribution in [0, 0.1) is 13.8 Å². The smallest absolute Gasteiger partial charge is 0.138 e. The van der Waals surface area contributed by atoms with Gasteiger partial charge in [0.05, 0.1) is 5.39 Å². The van der Waals surface area contributed by atoms with Crippen molar-refractivity contribution < 1.29 is 0 Å². The van der Waals surface area contributed by atoms with E-state index in [-0.39, 0.29) is 0 Å². The topological polar surface area (TPSA) is 37.8 Å². The van der Waals surface area contributed by atoms with E-state index in [9.17, 15) is 0 Å². The average molecular weight is 283 g/mol. The molecule has 3 aromatic rings. The summed E-state index contributed by atoms with van der Waals surface area (Å²) in [5.74, 6) is 0.945. The Balaban J connectivity index is 1.71. The number of hydrogen-bond acceptors (Lipinski definition) is 4. The summed E-state index contributed by atoms with van der Waals surface area (Å²) in [5, 5.41) is 6.72. The highest BCUT2D eigenvalue weighted by molar-refractivity contribution is 7.17. The van der Waals surface area contributed by atoms with Crippen molar-refractivity contribution in [3.8, 4) is 0 Å². The molecule has 1 N–H and O–H groups in total. The fourth-order valence-electron chi connectivity index (χ4n) is 2.23. The number of nitrogens with one attached hydrogen (secondary N) is 1. The van der Waals surface area contributed by atoms with Crippen LogP contribution in [0.4, 0.5) is 5.82 Å². The molecule has 0 aliphatic heterocycles. The van der Waals surface area contributed by atoms with E-state index >= 15 is 0 Å². The minimum absolute atomic E-state index is 0.879. The lowest BCUT2D eigenvalue weighted by Gasteiger charge is -2.07. The van der Waals surface area contributed by atoms with E-state index in [1.54, 1.807) is 17.7 Å². The average Bonchev–Trinajstić information content (AvgIpc) is 2.84. The molecule has 3 rings (SSSR count). The second kappa shape index (κ2) is 5.59. The summed E-state index contributed by atoms with van der Waals surface area (Å²) >= 11 is 1.67. The van der Waals surface area contributed by atoms with E-state index in [0.717, 1.165) is 29.0 Å². The number of nitrogens with zero attached hydrogens (tertiary/aromatic N) is 2. The zero-order chi connectivity index (χ0) is 13.9. The van der Waals surface area contributed by atoms with Gasteiger partial charge in [-0.25, -0.2) is 9.97 Å². The molecule has 0 bridgehead atoms. The fraction of sp³-hybridized carbons (Fsp3) is 0.250. The third kappa shape index (κ3) is 2.65. The van der Waals surface area contributed by atoms with Crippen LogP contribution in [0.2, 0.25) is 0 Å². The molecule has 4 heteroatoms. The van der Waals surface area contributed by atoms with Crippen molar-refractivity contribution in [1.82, 2.24) is 9.97 Å². The van der Waals surface area contributed by atoms with Crippen LogP contribution in [0.25, 0.3) is 10.2 Å². The van der Waals surface area contributed by atoms with E-state index in [2.05, 4.69) is 58.8 Å². The Morgan fingerprint density at radius 3 is 2.70 bits per heavy atom. The Labute approximate surface area is 122 Å². The molecular formula is C16H17N3S. The van der Waals surface area contributed by atoms with Crippen LogP contribution in [0.1, 0.15) is 16.7 Å². The van der Waals surface area contributed by atoms with E-state index in [4.69, 9.17) is 0 Å². The Morgan fingerprint density at radius 1 is 1.10 bits per heavy atom. The number of aryl methyl sites for hydroxylation is 2. The third-order valence-electron chi connectivity index (χ3n) is 3.38. The van der Waals surface area contributed by atoms with Crippen LogP contribution >= 0.6 is 11.3 Å². The largest absolute Gasteiger partial charge is 0.369 e. The van der Waals surface area contributed by atoms with Gasteiger partial charge in [-0.05, 0) is 36.8 Å². The SMILES string of the molecule is Cc1ccc(CCNc2ncnc3scc(C)c23)cc1. The Hall–Kier alpha value is -1.94. The first-order chi connectivity index (χ1) is 9.74. The van der Waals surface area contributed by atoms with Crippen LogP contribution in [0.15, 0.2) is 36.0 Å². The number of hydrogen-bond donors (Lipinski definition) is 1. The fourth-order valence-corrected chi connectivity index (χ4v) is 3.12. The Kier molecular flexibility index (Phi) is 3.65. The van der Waals surface area contributed by atoms with Gasteiger partial charge >= 0.3 is 0 Å². The monoisotopic (exact) mass is 283 g/mol. The molecule has 0 atom stereocenters. The van der Waals surface area contributed by atoms with Gasteiger partial charge < -0.3 is 5.32 Å². The molecule has 102 valence electrons. The molecule has 0 fully saturated rings. The number of benzene rings is 1. The lowest BCUT2D eigenvalue weighted by Crippen LogP contribution is -2.07. The maximum atomic E-state index is 4.37. The van der Waals surface area contributed by atoms with Gasteiger partial charge in [-0.2, -0.15) is 0 Å². The summed E-state index contributed by atoms with van der Waals surface area (Å²) in [5.41, 5.74) is 3.88. The summed E-state index contributed by atoms with van der Waals surface area (Å²) in [6.45, 7) is 5.09. The molecule has 3 nitrogen and oxygen atoms in total. The molecule has 0 saturated carbocycles. The first-order valence-electron chi connectivity index (χ1n) is 6.72. The van der Waals surface area contributed by atoms with Crippen molar-refractivity contribution in [1.29, 1.82) is 0 Å². The van der Waals surface area contributed by atoms with Gasteiger partial charge in [0.1, 0.15) is 17.0 Å². The summed E-state index contributed by atoms with van der Waals surface area (Å²) in [4.78, 5) is 9.73. The van der Waals surface area contributed by atoms with Gasteiger partial charge in [0.2, 0.25) is 0 Å². The predicted molar refractivity (Wildman–Crippen MR) is 85.5 cm³/mol. The van der Waals surface area contributed by atoms with Gasteiger partial charge in [-0.3, -0.25) is 0 Å². The van der Waals surface area contributed by atoms with E-state index in [1.807, 2.05) is 0 Å². The summed E-state index contributed by atoms with van der Waals surface area (Å²) in [7, 11) is 0. The van der Waals surface area contributed by atoms with Crippen molar-refractivity contribution in [2.24, 2.45) is 0 Å². The highest BCUT2D eigenvalue weighted by atomic mass is 32.1. The molecule has 0 aliphatic rings. The molecule has 2 heterocycles. The lowest BCUT2D eigenvalue weighted by atomic mass is 10.1. The summed E-state index contributed by atoms with van der Waals surface area (Å²) < 4.78 is 0. The van der Waals surface area contributed by atoms with Crippen LogP contribution < -0.4 is 5.32 Å². The van der Waals surface area contributed by atoms with Gasteiger partial charge in [0.25, 0.3) is 0 Å². The minimum atomic E-state index is 0.879. The molecule has 1 aromatic carbocycles. The zero-order valence-electron chi connectivity index (χ0n) is 11.7. The number of fused-ring (bicyclic) bond motifs is 1. The molecule has 2 aromatic heterocycles. The zero-order valence-corrected chi connectivity index (χ0v) is 12.5. The predicted octanol–water partition coefficient (Wildman–Crippen LogP) is 3.96. The normalized spacial score (nSPS) is 10.9. The van der Waals surface area contributed by atoms with Crippen molar-refractivity contribution in [2.45, 2.75) is 20.3 Å². The number of anilines is 1. The molecule has 0 aliphatic carbocycles. The highest BCUT2D eigenvalue weighted by Gasteiger charge is 2.07. The second-order valence-electron chi connectivity index (χ2n) is 4.98. The second-order valence-corrected chi connectivity index (χ2v) is 5.84. The van der Waals surface area contributed by atoms with Crippen LogP contribution in [-0.2, 0) is 6.42 Å². The van der Waals surface area contributed by atoms with Gasteiger partial charge in [-0.1, -0.05) is 29.8 Å². The summed E-state index contributed by atoms with van der Waals surface area (Å²) in [6.07, 6.45) is 2.63. The maximum Gasteiger partial charge on any atom is 0.138 e. The number of rotatable bonds is 4. The van der Waals surface area contributed by atoms with Gasteiger partial charge in [-0.15, -0.1) is 11.3 Å². The van der Waals surface area contributed by atoms with Gasteiger partial charge in [0.15, 0.2) is 0 Å². The van der Waals surface area contributed by atoms with Crippen LogP contribution in [-0.4, -0.2) is 16.5 Å². The molecule has 0 amide bonds. The Bertz CT molecular complexity index is 716. The Morgan fingerprint density at radius 2 is 1.90 bits per heavy atom. The highest BCUT2D eigenvalue weighted by Crippen LogP contribution is 2.28. The first kappa shape index (κ1) is 13.1. The minimum Gasteiger partial charge on any atom is -0.369 e. The van der Waals surface area contributed by atoms with Crippen LogP contribution in [0.3, 0.4) is 0 Å². The van der Waals surface area contributed by atoms with Crippen molar-refractivity contribution >= 4 is 27.4 Å². The molecule has 20 heavy (non-hydrogen) atoms. The van der Waals surface area contributed by atoms with Crippen LogP contribution in [0.5, 0.6) is 0 Å². The van der Waals surface area contributed by atoms with E-state index in [0.29, 0.717) is 0 Å². The summed E-state index contributed by atoms with van der Waals surface area (Å²) in [6, 6.07) is 8.67. The van der Waals surface area contributed by atoms with Crippen molar-refractivity contribution in [2.75, 3.05) is 11.9 Å². The maximum absolute atomic E-state index is 4.37. The quantitative estimate of drug-likeness (QED) is 0.787. The number of aromatic nitrogens is 2. The molecule has 0 unspecified atom stereocenters. The molecule has 0 spiro atoms. The van der Waals surface area contributed by atoms with Crippen molar-refractivity contribution in [3.63, 3.8) is 0 Å². The van der Waals surface area contributed by atoms with E-state index in [1.165, 1.54) is 16.7 Å². The standard InChI is InChI=1S/C16H17N3S/c1-11-3-5-13(6-4-11)7-8-17-15-14-12(2)9-20-16(14)19-10-18-15/h3-6,9-10H,7-8H2,1-2H3,(H,17,18,19). The molecular weight excluding hydrogens is 266 g/mol. The molecule has 0 radical (unpaired) electrons. The number of thiophene rings is 1.